The average molecular weight is 273 g/mol. The van der Waals surface area contributed by atoms with Gasteiger partial charge in [-0.15, -0.1) is 0 Å². The Balaban J connectivity index is 1.95. The Hall–Kier alpha value is -0.150. The maximum atomic E-state index is 5.76. The molecule has 1 aliphatic rings. The fourth-order valence-electron chi connectivity index (χ4n) is 1.32. The minimum atomic E-state index is 0.360. The van der Waals surface area contributed by atoms with E-state index in [1.165, 1.54) is 12.8 Å². The quantitative estimate of drug-likeness (QED) is 0.825. The first-order chi connectivity index (χ1) is 6.76. The van der Waals surface area contributed by atoms with E-state index in [0.717, 1.165) is 22.6 Å². The summed E-state index contributed by atoms with van der Waals surface area (Å²) in [4.78, 5) is 0. The number of hydrogen-bond acceptors (Lipinski definition) is 2. The molecule has 76 valence electrons. The van der Waals surface area contributed by atoms with Crippen LogP contribution in [0.25, 0.3) is 0 Å². The highest BCUT2D eigenvalue weighted by Crippen LogP contribution is 2.46. The number of ether oxygens (including phenoxy) is 1. The lowest BCUT2D eigenvalue weighted by atomic mass is 10.2. The summed E-state index contributed by atoms with van der Waals surface area (Å²) in [6, 6.07) is 7.96. The molecule has 1 saturated carbocycles. The molecule has 1 aromatic rings. The average Bonchev–Trinajstić information content (AvgIpc) is 2.98. The Bertz CT molecular complexity index is 323. The van der Waals surface area contributed by atoms with Gasteiger partial charge >= 0.3 is 0 Å². The largest absolute Gasteiger partial charge is 0.492 e. The Morgan fingerprint density at radius 1 is 1.36 bits per heavy atom. The SMILES string of the molecule is SCC1(COc2ccccc2Br)CC1. The Kier molecular flexibility index (Phi) is 3.07. The van der Waals surface area contributed by atoms with Crippen LogP contribution >= 0.6 is 28.6 Å². The van der Waals surface area contributed by atoms with E-state index in [9.17, 15) is 0 Å². The van der Waals surface area contributed by atoms with Crippen LogP contribution in [0.15, 0.2) is 28.7 Å². The second kappa shape index (κ2) is 4.15. The summed E-state index contributed by atoms with van der Waals surface area (Å²) in [7, 11) is 0. The molecular weight excluding hydrogens is 260 g/mol. The molecule has 0 amide bonds. The van der Waals surface area contributed by atoms with Crippen molar-refractivity contribution in [3.8, 4) is 5.75 Å². The second-order valence-electron chi connectivity index (χ2n) is 3.88. The molecule has 0 radical (unpaired) electrons. The van der Waals surface area contributed by atoms with Gasteiger partial charge in [0.2, 0.25) is 0 Å². The fraction of sp³-hybridized carbons (Fsp3) is 0.455. The summed E-state index contributed by atoms with van der Waals surface area (Å²) in [5.74, 6) is 1.86. The van der Waals surface area contributed by atoms with Gasteiger partial charge in [0.1, 0.15) is 5.75 Å². The number of thiol groups is 1. The van der Waals surface area contributed by atoms with Crippen molar-refractivity contribution in [2.75, 3.05) is 12.4 Å². The molecular formula is C11H13BrOS. The van der Waals surface area contributed by atoms with E-state index >= 15 is 0 Å². The van der Waals surface area contributed by atoms with Crippen LogP contribution in [0.2, 0.25) is 0 Å². The van der Waals surface area contributed by atoms with Gasteiger partial charge in [0.15, 0.2) is 0 Å². The van der Waals surface area contributed by atoms with Crippen molar-refractivity contribution in [2.24, 2.45) is 5.41 Å². The number of benzene rings is 1. The Labute approximate surface area is 98.4 Å². The molecule has 2 rings (SSSR count). The van der Waals surface area contributed by atoms with Crippen LogP contribution in [0.4, 0.5) is 0 Å². The van der Waals surface area contributed by atoms with Crippen molar-refractivity contribution in [2.45, 2.75) is 12.8 Å². The molecule has 1 aromatic carbocycles. The van der Waals surface area contributed by atoms with E-state index in [0.29, 0.717) is 5.41 Å². The lowest BCUT2D eigenvalue weighted by Crippen LogP contribution is -2.14. The topological polar surface area (TPSA) is 9.23 Å². The van der Waals surface area contributed by atoms with Gasteiger partial charge in [-0.25, -0.2) is 0 Å². The molecule has 14 heavy (non-hydrogen) atoms. The second-order valence-corrected chi connectivity index (χ2v) is 5.05. The van der Waals surface area contributed by atoms with Gasteiger partial charge in [-0.05, 0) is 46.7 Å². The number of para-hydroxylation sites is 1. The molecule has 0 aromatic heterocycles. The van der Waals surface area contributed by atoms with Crippen LogP contribution in [-0.4, -0.2) is 12.4 Å². The fourth-order valence-corrected chi connectivity index (χ4v) is 2.12. The van der Waals surface area contributed by atoms with Crippen molar-refractivity contribution in [3.63, 3.8) is 0 Å². The first-order valence-electron chi connectivity index (χ1n) is 4.74. The van der Waals surface area contributed by atoms with Crippen LogP contribution in [0, 0.1) is 5.41 Å². The maximum Gasteiger partial charge on any atom is 0.133 e. The molecule has 0 spiro atoms. The third-order valence-corrected chi connectivity index (χ3v) is 3.99. The minimum Gasteiger partial charge on any atom is -0.492 e. The highest BCUT2D eigenvalue weighted by Gasteiger charge is 2.42. The molecule has 0 N–H and O–H groups in total. The summed E-state index contributed by atoms with van der Waals surface area (Å²) in [6.45, 7) is 0.791. The van der Waals surface area contributed by atoms with E-state index in [1.54, 1.807) is 0 Å². The van der Waals surface area contributed by atoms with Gasteiger partial charge < -0.3 is 4.74 Å². The first kappa shape index (κ1) is 10.4. The van der Waals surface area contributed by atoms with Crippen molar-refractivity contribution in [1.82, 2.24) is 0 Å². The van der Waals surface area contributed by atoms with Crippen LogP contribution in [0.3, 0.4) is 0 Å². The molecule has 1 nitrogen and oxygen atoms in total. The zero-order valence-electron chi connectivity index (χ0n) is 7.87. The normalized spacial score (nSPS) is 17.9. The third-order valence-electron chi connectivity index (χ3n) is 2.66. The van der Waals surface area contributed by atoms with Gasteiger partial charge in [-0.2, -0.15) is 12.6 Å². The molecule has 0 saturated heterocycles. The summed E-state index contributed by atoms with van der Waals surface area (Å²) in [5, 5.41) is 0. The predicted octanol–water partition coefficient (Wildman–Crippen LogP) is 3.54. The van der Waals surface area contributed by atoms with Gasteiger partial charge in [0.25, 0.3) is 0 Å². The molecule has 1 aliphatic carbocycles. The van der Waals surface area contributed by atoms with E-state index in [4.69, 9.17) is 4.74 Å². The molecule has 0 heterocycles. The number of rotatable bonds is 4. The van der Waals surface area contributed by atoms with E-state index in [2.05, 4.69) is 28.6 Å². The van der Waals surface area contributed by atoms with Crippen molar-refractivity contribution < 1.29 is 4.74 Å². The van der Waals surface area contributed by atoms with Gasteiger partial charge in [-0.3, -0.25) is 0 Å². The van der Waals surface area contributed by atoms with Gasteiger partial charge in [-0.1, -0.05) is 12.1 Å². The zero-order valence-corrected chi connectivity index (χ0v) is 10.4. The maximum absolute atomic E-state index is 5.76. The smallest absolute Gasteiger partial charge is 0.133 e. The minimum absolute atomic E-state index is 0.360. The highest BCUT2D eigenvalue weighted by molar-refractivity contribution is 9.10. The van der Waals surface area contributed by atoms with Gasteiger partial charge in [0.05, 0.1) is 11.1 Å². The molecule has 0 unspecified atom stereocenters. The molecule has 3 heteroatoms. The van der Waals surface area contributed by atoms with Crippen LogP contribution in [0.5, 0.6) is 5.75 Å². The summed E-state index contributed by atoms with van der Waals surface area (Å²) < 4.78 is 6.78. The van der Waals surface area contributed by atoms with Gasteiger partial charge in [0, 0.05) is 5.41 Å². The van der Waals surface area contributed by atoms with E-state index < -0.39 is 0 Å². The standard InChI is InChI=1S/C11H13BrOS/c12-9-3-1-2-4-10(9)13-7-11(8-14)5-6-11/h1-4,14H,5-8H2. The Morgan fingerprint density at radius 2 is 2.07 bits per heavy atom. The lowest BCUT2D eigenvalue weighted by Gasteiger charge is -2.14. The zero-order chi connectivity index (χ0) is 10.0. The number of halogens is 1. The number of hydrogen-bond donors (Lipinski definition) is 1. The molecule has 1 fully saturated rings. The van der Waals surface area contributed by atoms with E-state index in [1.807, 2.05) is 24.3 Å². The van der Waals surface area contributed by atoms with Crippen molar-refractivity contribution >= 4 is 28.6 Å². The molecule has 0 atom stereocenters. The van der Waals surface area contributed by atoms with Crippen molar-refractivity contribution in [1.29, 1.82) is 0 Å². The molecule has 0 bridgehead atoms. The third kappa shape index (κ3) is 2.26. The highest BCUT2D eigenvalue weighted by atomic mass is 79.9. The van der Waals surface area contributed by atoms with E-state index in [-0.39, 0.29) is 0 Å². The summed E-state index contributed by atoms with van der Waals surface area (Å²) in [6.07, 6.45) is 2.50. The first-order valence-corrected chi connectivity index (χ1v) is 6.17. The van der Waals surface area contributed by atoms with Crippen LogP contribution in [-0.2, 0) is 0 Å². The lowest BCUT2D eigenvalue weighted by molar-refractivity contribution is 0.249. The summed E-state index contributed by atoms with van der Waals surface area (Å²) in [5.41, 5.74) is 0.360. The van der Waals surface area contributed by atoms with Crippen LogP contribution < -0.4 is 4.74 Å². The predicted molar refractivity (Wildman–Crippen MR) is 65.2 cm³/mol. The Morgan fingerprint density at radius 3 is 2.64 bits per heavy atom. The van der Waals surface area contributed by atoms with Crippen LogP contribution in [0.1, 0.15) is 12.8 Å². The summed E-state index contributed by atoms with van der Waals surface area (Å²) >= 11 is 7.81. The molecule has 0 aliphatic heterocycles. The monoisotopic (exact) mass is 272 g/mol. The van der Waals surface area contributed by atoms with Crippen molar-refractivity contribution in [3.05, 3.63) is 28.7 Å².